The second kappa shape index (κ2) is 57.9. The van der Waals surface area contributed by atoms with Crippen molar-refractivity contribution >= 4 is 17.9 Å². The number of carbonyl (C=O) groups is 3. The predicted octanol–water partition coefficient (Wildman–Crippen LogP) is 20.2. The Morgan fingerprint density at radius 1 is 0.304 bits per heavy atom. The first-order valence-corrected chi connectivity index (χ1v) is 30.1. The maximum Gasteiger partial charge on any atom is 0.306 e. The molecule has 6 heteroatoms. The molecule has 6 nitrogen and oxygen atoms in total. The second-order valence-electron chi connectivity index (χ2n) is 20.2. The molecular formula is C63H114O6. The standard InChI is InChI=1S/C63H114O6/c1-4-7-10-13-16-19-22-24-26-27-28-29-30-31-32-33-34-35-37-38-41-44-47-50-53-56-62(65)68-59-60(58-67-61(64)55-52-49-46-43-40-21-18-15-12-9-6-3)69-63(66)57-54-51-48-45-42-39-36-25-23-20-17-14-11-8-5-2/h7,10,16,19,24,26,28-29,60H,4-6,8-9,11-15,17-18,20-23,25,27,30-59H2,1-3H3/b10-7-,19-16-,26-24-,29-28-. The van der Waals surface area contributed by atoms with Crippen molar-refractivity contribution in [3.8, 4) is 0 Å². The minimum absolute atomic E-state index is 0.0680. The Balaban J connectivity index is 4.22. The Labute approximate surface area is 428 Å². The summed E-state index contributed by atoms with van der Waals surface area (Å²) in [7, 11) is 0. The van der Waals surface area contributed by atoms with Gasteiger partial charge in [-0.25, -0.2) is 0 Å². The second-order valence-corrected chi connectivity index (χ2v) is 20.2. The zero-order valence-electron chi connectivity index (χ0n) is 46.1. The highest BCUT2D eigenvalue weighted by Gasteiger charge is 2.19. The van der Waals surface area contributed by atoms with Crippen LogP contribution in [0.4, 0.5) is 0 Å². The number of rotatable bonds is 55. The Bertz CT molecular complexity index is 1200. The Morgan fingerprint density at radius 2 is 0.565 bits per heavy atom. The fraction of sp³-hybridized carbons (Fsp3) is 0.825. The number of allylic oxidation sites excluding steroid dienone is 8. The molecule has 0 aliphatic rings. The SMILES string of the molecule is CC/C=C\C/C=C\C/C=C\C/C=C\CCCCCCCCCCCCCCC(=O)OCC(COC(=O)CCCCCCCCCCCCC)OC(=O)CCCCCCCCCCCCCCCCC. The summed E-state index contributed by atoms with van der Waals surface area (Å²) in [6.45, 7) is 6.56. The molecule has 0 fully saturated rings. The van der Waals surface area contributed by atoms with Gasteiger partial charge in [-0.05, 0) is 57.8 Å². The van der Waals surface area contributed by atoms with Crippen molar-refractivity contribution in [1.82, 2.24) is 0 Å². The molecule has 0 N–H and O–H groups in total. The molecule has 0 aromatic heterocycles. The predicted molar refractivity (Wildman–Crippen MR) is 298 cm³/mol. The minimum atomic E-state index is -0.768. The van der Waals surface area contributed by atoms with Crippen LogP contribution in [0, 0.1) is 0 Å². The minimum Gasteiger partial charge on any atom is -0.462 e. The van der Waals surface area contributed by atoms with E-state index in [0.717, 1.165) is 83.5 Å². The van der Waals surface area contributed by atoms with E-state index in [1.165, 1.54) is 193 Å². The number of hydrogen-bond donors (Lipinski definition) is 0. The number of hydrogen-bond acceptors (Lipinski definition) is 6. The number of esters is 3. The van der Waals surface area contributed by atoms with Gasteiger partial charge in [-0.3, -0.25) is 14.4 Å². The Kier molecular flexibility index (Phi) is 55.7. The van der Waals surface area contributed by atoms with Crippen LogP contribution in [0.25, 0.3) is 0 Å². The van der Waals surface area contributed by atoms with Gasteiger partial charge in [0.1, 0.15) is 13.2 Å². The molecule has 0 aromatic rings. The van der Waals surface area contributed by atoms with E-state index in [2.05, 4.69) is 69.4 Å². The third-order valence-corrected chi connectivity index (χ3v) is 13.3. The summed E-state index contributed by atoms with van der Waals surface area (Å²) in [5, 5.41) is 0. The number of ether oxygens (including phenoxy) is 3. The van der Waals surface area contributed by atoms with Crippen LogP contribution in [0.5, 0.6) is 0 Å². The molecule has 0 amide bonds. The van der Waals surface area contributed by atoms with Crippen molar-refractivity contribution in [2.45, 2.75) is 322 Å². The molecule has 0 radical (unpaired) electrons. The van der Waals surface area contributed by atoms with Crippen LogP contribution < -0.4 is 0 Å². The van der Waals surface area contributed by atoms with Gasteiger partial charge < -0.3 is 14.2 Å². The van der Waals surface area contributed by atoms with Crippen molar-refractivity contribution in [2.24, 2.45) is 0 Å². The van der Waals surface area contributed by atoms with Crippen LogP contribution in [0.2, 0.25) is 0 Å². The smallest absolute Gasteiger partial charge is 0.306 e. The highest BCUT2D eigenvalue weighted by Crippen LogP contribution is 2.17. The molecule has 0 aliphatic carbocycles. The highest BCUT2D eigenvalue weighted by atomic mass is 16.6. The van der Waals surface area contributed by atoms with Gasteiger partial charge in [0.2, 0.25) is 0 Å². The van der Waals surface area contributed by atoms with E-state index in [0.29, 0.717) is 19.3 Å². The van der Waals surface area contributed by atoms with E-state index in [1.807, 2.05) is 0 Å². The summed E-state index contributed by atoms with van der Waals surface area (Å²) in [6.07, 6.45) is 71.1. The first-order chi connectivity index (χ1) is 34.0. The van der Waals surface area contributed by atoms with Gasteiger partial charge in [0.05, 0.1) is 0 Å². The van der Waals surface area contributed by atoms with Crippen molar-refractivity contribution in [3.63, 3.8) is 0 Å². The quantitative estimate of drug-likeness (QED) is 0.0262. The first kappa shape index (κ1) is 66.4. The summed E-state index contributed by atoms with van der Waals surface area (Å²) in [4.78, 5) is 38.1. The number of carbonyl (C=O) groups excluding carboxylic acids is 3. The maximum absolute atomic E-state index is 12.8. The van der Waals surface area contributed by atoms with Gasteiger partial charge in [0.15, 0.2) is 6.10 Å². The van der Waals surface area contributed by atoms with E-state index < -0.39 is 6.10 Å². The molecule has 0 rings (SSSR count). The lowest BCUT2D eigenvalue weighted by Gasteiger charge is -2.18. The lowest BCUT2D eigenvalue weighted by atomic mass is 10.0. The molecule has 0 aromatic carbocycles. The van der Waals surface area contributed by atoms with Crippen molar-refractivity contribution in [1.29, 1.82) is 0 Å². The molecule has 0 spiro atoms. The van der Waals surface area contributed by atoms with Gasteiger partial charge in [-0.2, -0.15) is 0 Å². The van der Waals surface area contributed by atoms with Crippen molar-refractivity contribution < 1.29 is 28.6 Å². The fourth-order valence-electron chi connectivity index (χ4n) is 8.85. The van der Waals surface area contributed by atoms with Crippen LogP contribution in [0.3, 0.4) is 0 Å². The van der Waals surface area contributed by atoms with Crippen LogP contribution >= 0.6 is 0 Å². The maximum atomic E-state index is 12.8. The molecule has 0 heterocycles. The topological polar surface area (TPSA) is 78.9 Å². The highest BCUT2D eigenvalue weighted by molar-refractivity contribution is 5.71. The lowest BCUT2D eigenvalue weighted by molar-refractivity contribution is -0.167. The molecule has 0 bridgehead atoms. The van der Waals surface area contributed by atoms with Gasteiger partial charge >= 0.3 is 17.9 Å². The molecular weight excluding hydrogens is 853 g/mol. The van der Waals surface area contributed by atoms with E-state index >= 15 is 0 Å². The van der Waals surface area contributed by atoms with Crippen molar-refractivity contribution in [2.75, 3.05) is 13.2 Å². The van der Waals surface area contributed by atoms with Gasteiger partial charge in [-0.1, -0.05) is 288 Å². The lowest BCUT2D eigenvalue weighted by Crippen LogP contribution is -2.30. The molecule has 1 unspecified atom stereocenters. The van der Waals surface area contributed by atoms with E-state index in [-0.39, 0.29) is 31.1 Å². The summed E-state index contributed by atoms with van der Waals surface area (Å²) < 4.78 is 16.9. The zero-order chi connectivity index (χ0) is 50.0. The largest absolute Gasteiger partial charge is 0.462 e. The molecule has 402 valence electrons. The Morgan fingerprint density at radius 3 is 0.884 bits per heavy atom. The zero-order valence-corrected chi connectivity index (χ0v) is 46.1. The fourth-order valence-corrected chi connectivity index (χ4v) is 8.85. The van der Waals surface area contributed by atoms with E-state index in [4.69, 9.17) is 14.2 Å². The van der Waals surface area contributed by atoms with Crippen LogP contribution in [0.1, 0.15) is 316 Å². The summed E-state index contributed by atoms with van der Waals surface area (Å²) >= 11 is 0. The molecule has 0 saturated carbocycles. The summed E-state index contributed by atoms with van der Waals surface area (Å²) in [5.74, 6) is -0.852. The average molecular weight is 968 g/mol. The molecule has 0 aliphatic heterocycles. The van der Waals surface area contributed by atoms with Crippen LogP contribution in [-0.4, -0.2) is 37.2 Å². The third-order valence-electron chi connectivity index (χ3n) is 13.3. The molecule has 1 atom stereocenters. The summed E-state index contributed by atoms with van der Waals surface area (Å²) in [5.41, 5.74) is 0. The first-order valence-electron chi connectivity index (χ1n) is 30.1. The van der Waals surface area contributed by atoms with Gasteiger partial charge in [-0.15, -0.1) is 0 Å². The average Bonchev–Trinajstić information content (AvgIpc) is 3.35. The van der Waals surface area contributed by atoms with Crippen LogP contribution in [-0.2, 0) is 28.6 Å². The third kappa shape index (κ3) is 56.2. The normalized spacial score (nSPS) is 12.3. The summed E-state index contributed by atoms with van der Waals surface area (Å²) in [6, 6.07) is 0. The molecule has 69 heavy (non-hydrogen) atoms. The van der Waals surface area contributed by atoms with E-state index in [1.54, 1.807) is 0 Å². The van der Waals surface area contributed by atoms with Gasteiger partial charge in [0.25, 0.3) is 0 Å². The van der Waals surface area contributed by atoms with E-state index in [9.17, 15) is 14.4 Å². The molecule has 0 saturated heterocycles. The monoisotopic (exact) mass is 967 g/mol. The number of unbranched alkanes of at least 4 members (excludes halogenated alkanes) is 36. The van der Waals surface area contributed by atoms with Crippen molar-refractivity contribution in [3.05, 3.63) is 48.6 Å². The van der Waals surface area contributed by atoms with Crippen LogP contribution in [0.15, 0.2) is 48.6 Å². The Hall–Kier alpha value is -2.63. The van der Waals surface area contributed by atoms with Gasteiger partial charge in [0, 0.05) is 19.3 Å².